The van der Waals surface area contributed by atoms with Gasteiger partial charge in [0.05, 0.1) is 6.54 Å². The average molecular weight is 268 g/mol. The summed E-state index contributed by atoms with van der Waals surface area (Å²) < 4.78 is 0. The zero-order valence-electron chi connectivity index (χ0n) is 12.3. The van der Waals surface area contributed by atoms with Crippen molar-refractivity contribution in [2.45, 2.75) is 64.3 Å². The number of ketones is 1. The highest BCUT2D eigenvalue weighted by Crippen LogP contribution is 2.28. The van der Waals surface area contributed by atoms with Gasteiger partial charge in [-0.3, -0.25) is 4.79 Å². The van der Waals surface area contributed by atoms with E-state index in [4.69, 9.17) is 0 Å². The number of hydrogen-bond acceptors (Lipinski definition) is 3. The second-order valence-electron chi connectivity index (χ2n) is 5.76. The Kier molecular flexibility index (Phi) is 7.72. The zero-order chi connectivity index (χ0) is 14.1. The number of rotatable bonds is 8. The van der Waals surface area contributed by atoms with Gasteiger partial charge in [0.15, 0.2) is 0 Å². The van der Waals surface area contributed by atoms with Crippen molar-refractivity contribution in [2.24, 2.45) is 5.92 Å². The second kappa shape index (κ2) is 9.08. The maximum atomic E-state index is 11.5. The topological polar surface area (TPSA) is 58.2 Å². The van der Waals surface area contributed by atoms with Crippen molar-refractivity contribution in [1.82, 2.24) is 10.6 Å². The minimum Gasteiger partial charge on any atom is -0.352 e. The molecule has 1 fully saturated rings. The molecule has 19 heavy (non-hydrogen) atoms. The van der Waals surface area contributed by atoms with Crippen molar-refractivity contribution in [3.63, 3.8) is 0 Å². The Morgan fingerprint density at radius 1 is 1.11 bits per heavy atom. The molecule has 110 valence electrons. The molecule has 1 saturated carbocycles. The van der Waals surface area contributed by atoms with Crippen molar-refractivity contribution >= 4 is 11.7 Å². The molecule has 0 heterocycles. The van der Waals surface area contributed by atoms with Gasteiger partial charge in [0.1, 0.15) is 5.78 Å². The summed E-state index contributed by atoms with van der Waals surface area (Å²) in [6.45, 7) is 2.07. The number of Topliss-reactive ketones (excluding diaryl/α,β-unsaturated/α-hetero) is 1. The molecule has 1 rings (SSSR count). The number of likely N-dealkylation sites (N-methyl/N-ethyl adjacent to an activating group) is 1. The van der Waals surface area contributed by atoms with Crippen LogP contribution in [0.3, 0.4) is 0 Å². The molecule has 4 nitrogen and oxygen atoms in total. The molecule has 1 amide bonds. The van der Waals surface area contributed by atoms with Crippen molar-refractivity contribution in [3.05, 3.63) is 0 Å². The summed E-state index contributed by atoms with van der Waals surface area (Å²) in [5, 5.41) is 5.95. The first-order valence-corrected chi connectivity index (χ1v) is 7.55. The van der Waals surface area contributed by atoms with E-state index < -0.39 is 0 Å². The Labute approximate surface area is 116 Å². The molecule has 0 bridgehead atoms. The molecule has 0 saturated heterocycles. The molecule has 0 aromatic heterocycles. The SMILES string of the molecule is CNCC(=O)NC1CCC(CCCCC(C)=O)CC1. The second-order valence-corrected chi connectivity index (χ2v) is 5.76. The Balaban J connectivity index is 2.08. The van der Waals surface area contributed by atoms with Gasteiger partial charge in [-0.05, 0) is 52.0 Å². The van der Waals surface area contributed by atoms with Crippen molar-refractivity contribution < 1.29 is 9.59 Å². The molecule has 1 aliphatic rings. The lowest BCUT2D eigenvalue weighted by Gasteiger charge is -2.29. The largest absolute Gasteiger partial charge is 0.352 e. The van der Waals surface area contributed by atoms with Crippen LogP contribution in [0.5, 0.6) is 0 Å². The van der Waals surface area contributed by atoms with Crippen LogP contribution in [-0.2, 0) is 9.59 Å². The van der Waals surface area contributed by atoms with Gasteiger partial charge >= 0.3 is 0 Å². The Morgan fingerprint density at radius 2 is 1.79 bits per heavy atom. The normalized spacial score (nSPS) is 23.1. The maximum Gasteiger partial charge on any atom is 0.234 e. The molecule has 0 aliphatic heterocycles. The minimum atomic E-state index is 0.104. The van der Waals surface area contributed by atoms with Gasteiger partial charge in [-0.15, -0.1) is 0 Å². The lowest BCUT2D eigenvalue weighted by molar-refractivity contribution is -0.121. The summed E-state index contributed by atoms with van der Waals surface area (Å²) in [5.41, 5.74) is 0. The van der Waals surface area contributed by atoms with Crippen LogP contribution in [0.15, 0.2) is 0 Å². The minimum absolute atomic E-state index is 0.104. The van der Waals surface area contributed by atoms with Crippen LogP contribution in [0.4, 0.5) is 0 Å². The lowest BCUT2D eigenvalue weighted by Crippen LogP contribution is -2.41. The van der Waals surface area contributed by atoms with Gasteiger partial charge in [0.25, 0.3) is 0 Å². The van der Waals surface area contributed by atoms with E-state index in [2.05, 4.69) is 10.6 Å². The number of unbranched alkanes of at least 4 members (excludes halogenated alkanes) is 1. The Bertz CT molecular complexity index is 284. The molecule has 4 heteroatoms. The fraction of sp³-hybridized carbons (Fsp3) is 0.867. The molecule has 0 aromatic rings. The summed E-state index contributed by atoms with van der Waals surface area (Å²) in [6.07, 6.45) is 8.81. The van der Waals surface area contributed by atoms with Crippen LogP contribution in [0.2, 0.25) is 0 Å². The van der Waals surface area contributed by atoms with E-state index in [1.54, 1.807) is 14.0 Å². The third-order valence-electron chi connectivity index (χ3n) is 3.94. The van der Waals surface area contributed by atoms with E-state index in [0.29, 0.717) is 18.4 Å². The molecule has 1 aliphatic carbocycles. The smallest absolute Gasteiger partial charge is 0.234 e. The van der Waals surface area contributed by atoms with Crippen LogP contribution in [0.25, 0.3) is 0 Å². The van der Waals surface area contributed by atoms with Gasteiger partial charge in [-0.2, -0.15) is 0 Å². The van der Waals surface area contributed by atoms with Gasteiger partial charge in [0.2, 0.25) is 5.91 Å². The molecule has 2 N–H and O–H groups in total. The molecule has 0 atom stereocenters. The van der Waals surface area contributed by atoms with E-state index in [1.165, 1.54) is 25.7 Å². The lowest BCUT2D eigenvalue weighted by atomic mass is 9.83. The summed E-state index contributed by atoms with van der Waals surface area (Å²) >= 11 is 0. The van der Waals surface area contributed by atoms with E-state index >= 15 is 0 Å². The van der Waals surface area contributed by atoms with Gasteiger partial charge in [0, 0.05) is 12.5 Å². The summed E-state index contributed by atoms with van der Waals surface area (Å²) in [6, 6.07) is 0.370. The number of nitrogens with one attached hydrogen (secondary N) is 2. The van der Waals surface area contributed by atoms with E-state index in [-0.39, 0.29) is 5.91 Å². The molecular weight excluding hydrogens is 240 g/mol. The monoisotopic (exact) mass is 268 g/mol. The first-order valence-electron chi connectivity index (χ1n) is 7.55. The highest BCUT2D eigenvalue weighted by molar-refractivity contribution is 5.78. The third kappa shape index (κ3) is 7.31. The number of amides is 1. The number of hydrogen-bond donors (Lipinski definition) is 2. The quantitative estimate of drug-likeness (QED) is 0.662. The summed E-state index contributed by atoms with van der Waals surface area (Å²) in [5.74, 6) is 1.20. The first-order chi connectivity index (χ1) is 9.11. The number of carbonyl (C=O) groups is 2. The van der Waals surface area contributed by atoms with Crippen LogP contribution >= 0.6 is 0 Å². The molecular formula is C15H28N2O2. The van der Waals surface area contributed by atoms with Crippen molar-refractivity contribution in [1.29, 1.82) is 0 Å². The molecule has 0 aromatic carbocycles. The predicted molar refractivity (Wildman–Crippen MR) is 77.0 cm³/mol. The van der Waals surface area contributed by atoms with Crippen LogP contribution in [-0.4, -0.2) is 31.3 Å². The van der Waals surface area contributed by atoms with E-state index in [0.717, 1.165) is 31.6 Å². The van der Waals surface area contributed by atoms with Crippen LogP contribution < -0.4 is 10.6 Å². The van der Waals surface area contributed by atoms with Crippen LogP contribution in [0, 0.1) is 5.92 Å². The third-order valence-corrected chi connectivity index (χ3v) is 3.94. The Hall–Kier alpha value is -0.900. The van der Waals surface area contributed by atoms with Gasteiger partial charge in [-0.25, -0.2) is 0 Å². The van der Waals surface area contributed by atoms with Crippen LogP contribution in [0.1, 0.15) is 58.3 Å². The average Bonchev–Trinajstić information content (AvgIpc) is 2.36. The predicted octanol–water partition coefficient (Wildman–Crippen LogP) is 2.03. The summed E-state index contributed by atoms with van der Waals surface area (Å²) in [4.78, 5) is 22.3. The van der Waals surface area contributed by atoms with E-state index in [9.17, 15) is 9.59 Å². The van der Waals surface area contributed by atoms with Crippen molar-refractivity contribution in [3.8, 4) is 0 Å². The number of carbonyl (C=O) groups excluding carboxylic acids is 2. The van der Waals surface area contributed by atoms with Gasteiger partial charge in [-0.1, -0.05) is 12.8 Å². The molecule has 0 spiro atoms. The fourth-order valence-corrected chi connectivity index (χ4v) is 2.84. The highest BCUT2D eigenvalue weighted by atomic mass is 16.2. The van der Waals surface area contributed by atoms with E-state index in [1.807, 2.05) is 0 Å². The zero-order valence-corrected chi connectivity index (χ0v) is 12.3. The highest BCUT2D eigenvalue weighted by Gasteiger charge is 2.21. The standard InChI is InChI=1S/C15H28N2O2/c1-12(18)5-3-4-6-13-7-9-14(10-8-13)17-15(19)11-16-2/h13-14,16H,3-11H2,1-2H3,(H,17,19). The fourth-order valence-electron chi connectivity index (χ4n) is 2.84. The van der Waals surface area contributed by atoms with Crippen molar-refractivity contribution in [2.75, 3.05) is 13.6 Å². The maximum absolute atomic E-state index is 11.5. The first kappa shape index (κ1) is 16.2. The summed E-state index contributed by atoms with van der Waals surface area (Å²) in [7, 11) is 1.79. The Morgan fingerprint density at radius 3 is 2.37 bits per heavy atom. The molecule has 0 radical (unpaired) electrons. The van der Waals surface area contributed by atoms with Gasteiger partial charge < -0.3 is 15.4 Å². The molecule has 0 unspecified atom stereocenters.